The lowest BCUT2D eigenvalue weighted by atomic mass is 10.1. The number of amides is 1. The van der Waals surface area contributed by atoms with Crippen LogP contribution in [0.1, 0.15) is 54.7 Å². The molecule has 0 bridgehead atoms. The van der Waals surface area contributed by atoms with Crippen molar-refractivity contribution >= 4 is 28.3 Å². The van der Waals surface area contributed by atoms with Crippen LogP contribution in [0, 0.1) is 10.1 Å². The summed E-state index contributed by atoms with van der Waals surface area (Å²) < 4.78 is 11.6. The van der Waals surface area contributed by atoms with Crippen molar-refractivity contribution in [2.45, 2.75) is 32.9 Å². The largest absolute Gasteiger partial charge is 0.490 e. The van der Waals surface area contributed by atoms with Crippen LogP contribution in [0.25, 0.3) is 11.0 Å². The topological polar surface area (TPSA) is 120 Å². The Balaban J connectivity index is 1.52. The molecule has 9 nitrogen and oxygen atoms in total. The fourth-order valence-corrected chi connectivity index (χ4v) is 3.78. The highest BCUT2D eigenvalue weighted by atomic mass is 16.6. The Bertz CT molecular complexity index is 1350. The number of hydrogen-bond acceptors (Lipinski definition) is 7. The smallest absolute Gasteiger partial charge is 0.293 e. The van der Waals surface area contributed by atoms with Crippen molar-refractivity contribution in [2.24, 2.45) is 0 Å². The predicted octanol–water partition coefficient (Wildman–Crippen LogP) is 5.80. The molecule has 0 radical (unpaired) electrons. The average molecular weight is 475 g/mol. The Labute approximate surface area is 202 Å². The van der Waals surface area contributed by atoms with Crippen LogP contribution in [0.3, 0.4) is 0 Å². The third-order valence-corrected chi connectivity index (χ3v) is 5.56. The van der Waals surface area contributed by atoms with Gasteiger partial charge in [-0.1, -0.05) is 18.2 Å². The molecule has 2 aromatic carbocycles. The van der Waals surface area contributed by atoms with Crippen molar-refractivity contribution < 1.29 is 18.9 Å². The van der Waals surface area contributed by atoms with E-state index in [1.54, 1.807) is 25.3 Å². The number of aromatic nitrogens is 1. The van der Waals surface area contributed by atoms with E-state index >= 15 is 0 Å². The van der Waals surface area contributed by atoms with Crippen LogP contribution in [0.5, 0.6) is 5.75 Å². The molecule has 35 heavy (non-hydrogen) atoms. The standard InChI is InChI=1S/C26H26N4O5/c1-4-34-23-10-7-8-18-15-24(35-25(18)23)17(3)29-26(31)19-11-12-21(22(14-19)30(32)33)28-16(2)20-9-5-6-13-27-20/h5-17,28H,4H2,1-3H3,(H,29,31). The molecule has 0 fully saturated rings. The van der Waals surface area contributed by atoms with Crippen LogP contribution in [0.2, 0.25) is 0 Å². The number of nitrogens with one attached hydrogen (secondary N) is 2. The monoisotopic (exact) mass is 474 g/mol. The first-order valence-corrected chi connectivity index (χ1v) is 11.3. The lowest BCUT2D eigenvalue weighted by Gasteiger charge is -2.16. The van der Waals surface area contributed by atoms with Gasteiger partial charge in [-0.2, -0.15) is 0 Å². The molecule has 0 aliphatic carbocycles. The highest BCUT2D eigenvalue weighted by Crippen LogP contribution is 2.32. The van der Waals surface area contributed by atoms with E-state index in [0.29, 0.717) is 29.4 Å². The number of nitrogens with zero attached hydrogens (tertiary/aromatic N) is 2. The molecule has 4 rings (SSSR count). The third-order valence-electron chi connectivity index (χ3n) is 5.56. The summed E-state index contributed by atoms with van der Waals surface area (Å²) in [6, 6.07) is 16.6. The summed E-state index contributed by atoms with van der Waals surface area (Å²) in [6.07, 6.45) is 1.66. The number of para-hydroxylation sites is 1. The zero-order valence-electron chi connectivity index (χ0n) is 19.6. The molecule has 0 saturated carbocycles. The van der Waals surface area contributed by atoms with Crippen LogP contribution >= 0.6 is 0 Å². The van der Waals surface area contributed by atoms with Crippen molar-refractivity contribution in [2.75, 3.05) is 11.9 Å². The summed E-state index contributed by atoms with van der Waals surface area (Å²) >= 11 is 0. The van der Waals surface area contributed by atoms with Crippen LogP contribution in [0.15, 0.2) is 71.3 Å². The van der Waals surface area contributed by atoms with Gasteiger partial charge in [-0.3, -0.25) is 19.9 Å². The predicted molar refractivity (Wildman–Crippen MR) is 133 cm³/mol. The second kappa shape index (κ2) is 10.3. The maximum atomic E-state index is 12.9. The molecule has 2 atom stereocenters. The zero-order valence-corrected chi connectivity index (χ0v) is 19.6. The molecule has 0 spiro atoms. The van der Waals surface area contributed by atoms with Crippen molar-refractivity contribution in [1.82, 2.24) is 10.3 Å². The Hall–Kier alpha value is -4.40. The van der Waals surface area contributed by atoms with Crippen LogP contribution in [-0.4, -0.2) is 22.4 Å². The number of benzene rings is 2. The number of carbonyl (C=O) groups excluding carboxylic acids is 1. The second-order valence-electron chi connectivity index (χ2n) is 8.06. The van der Waals surface area contributed by atoms with Crippen LogP contribution in [0.4, 0.5) is 11.4 Å². The second-order valence-corrected chi connectivity index (χ2v) is 8.06. The average Bonchev–Trinajstić information content (AvgIpc) is 3.30. The van der Waals surface area contributed by atoms with E-state index in [-0.39, 0.29) is 17.3 Å². The lowest BCUT2D eigenvalue weighted by molar-refractivity contribution is -0.384. The van der Waals surface area contributed by atoms with Crippen molar-refractivity contribution in [3.8, 4) is 5.75 Å². The summed E-state index contributed by atoms with van der Waals surface area (Å²) in [5.74, 6) is 0.737. The molecule has 180 valence electrons. The number of furan rings is 1. The van der Waals surface area contributed by atoms with E-state index in [1.807, 2.05) is 50.2 Å². The van der Waals surface area contributed by atoms with Gasteiger partial charge in [0.1, 0.15) is 11.4 Å². The van der Waals surface area contributed by atoms with Gasteiger partial charge >= 0.3 is 0 Å². The van der Waals surface area contributed by atoms with Gasteiger partial charge in [0.25, 0.3) is 11.6 Å². The molecular weight excluding hydrogens is 448 g/mol. The fraction of sp³-hybridized carbons (Fsp3) is 0.231. The summed E-state index contributed by atoms with van der Waals surface area (Å²) in [7, 11) is 0. The van der Waals surface area contributed by atoms with E-state index in [2.05, 4.69) is 15.6 Å². The first kappa shape index (κ1) is 23.7. The lowest BCUT2D eigenvalue weighted by Crippen LogP contribution is -2.26. The molecule has 2 unspecified atom stereocenters. The molecule has 1 amide bonds. The van der Waals surface area contributed by atoms with E-state index in [9.17, 15) is 14.9 Å². The Morgan fingerprint density at radius 1 is 1.11 bits per heavy atom. The number of pyridine rings is 1. The SMILES string of the molecule is CCOc1cccc2cc(C(C)NC(=O)c3ccc(NC(C)c4ccccn4)c([N+](=O)[O-])c3)oc12. The summed E-state index contributed by atoms with van der Waals surface area (Å²) in [5.41, 5.74) is 1.64. The first-order valence-electron chi connectivity index (χ1n) is 11.3. The highest BCUT2D eigenvalue weighted by molar-refractivity contribution is 5.96. The summed E-state index contributed by atoms with van der Waals surface area (Å²) in [6.45, 7) is 6.05. The van der Waals surface area contributed by atoms with Gasteiger partial charge in [-0.15, -0.1) is 0 Å². The Kier molecular flexibility index (Phi) is 6.96. The van der Waals surface area contributed by atoms with E-state index in [0.717, 1.165) is 11.1 Å². The minimum absolute atomic E-state index is 0.172. The molecule has 0 aliphatic rings. The normalized spacial score (nSPS) is 12.7. The van der Waals surface area contributed by atoms with Crippen LogP contribution < -0.4 is 15.4 Å². The van der Waals surface area contributed by atoms with Gasteiger partial charge in [-0.25, -0.2) is 0 Å². The molecule has 0 aliphatic heterocycles. The quantitative estimate of drug-likeness (QED) is 0.232. The maximum absolute atomic E-state index is 12.9. The van der Waals surface area contributed by atoms with Crippen molar-refractivity contribution in [3.63, 3.8) is 0 Å². The number of rotatable bonds is 9. The Morgan fingerprint density at radius 3 is 2.66 bits per heavy atom. The maximum Gasteiger partial charge on any atom is 0.293 e. The number of nitro benzene ring substituents is 1. The van der Waals surface area contributed by atoms with E-state index < -0.39 is 16.9 Å². The minimum Gasteiger partial charge on any atom is -0.490 e. The van der Waals surface area contributed by atoms with Gasteiger partial charge in [0.05, 0.1) is 29.3 Å². The van der Waals surface area contributed by atoms with E-state index in [4.69, 9.17) is 9.15 Å². The van der Waals surface area contributed by atoms with Crippen LogP contribution in [-0.2, 0) is 0 Å². The highest BCUT2D eigenvalue weighted by Gasteiger charge is 2.22. The summed E-state index contributed by atoms with van der Waals surface area (Å²) in [5, 5.41) is 18.6. The fourth-order valence-electron chi connectivity index (χ4n) is 3.78. The Morgan fingerprint density at radius 2 is 1.94 bits per heavy atom. The molecule has 2 heterocycles. The number of anilines is 1. The van der Waals surface area contributed by atoms with Gasteiger partial charge in [-0.05, 0) is 57.2 Å². The van der Waals surface area contributed by atoms with Gasteiger partial charge in [0.15, 0.2) is 11.3 Å². The molecule has 2 aromatic heterocycles. The van der Waals surface area contributed by atoms with Gasteiger partial charge in [0.2, 0.25) is 0 Å². The van der Waals surface area contributed by atoms with E-state index in [1.165, 1.54) is 12.1 Å². The van der Waals surface area contributed by atoms with Gasteiger partial charge in [0, 0.05) is 23.2 Å². The molecule has 2 N–H and O–H groups in total. The van der Waals surface area contributed by atoms with Gasteiger partial charge < -0.3 is 19.8 Å². The zero-order chi connectivity index (χ0) is 24.9. The number of fused-ring (bicyclic) bond motifs is 1. The summed E-state index contributed by atoms with van der Waals surface area (Å²) in [4.78, 5) is 28.4. The molecule has 9 heteroatoms. The van der Waals surface area contributed by atoms with Crippen molar-refractivity contribution in [1.29, 1.82) is 0 Å². The number of hydrogen-bond donors (Lipinski definition) is 2. The third kappa shape index (κ3) is 5.24. The minimum atomic E-state index is -0.512. The first-order chi connectivity index (χ1) is 16.9. The number of carbonyl (C=O) groups is 1. The molecule has 4 aromatic rings. The number of nitro groups is 1. The molecule has 0 saturated heterocycles. The number of ether oxygens (including phenoxy) is 1. The molecular formula is C26H26N4O5. The van der Waals surface area contributed by atoms with Crippen molar-refractivity contribution in [3.05, 3.63) is 94.0 Å².